The summed E-state index contributed by atoms with van der Waals surface area (Å²) in [5.41, 5.74) is 3.34. The summed E-state index contributed by atoms with van der Waals surface area (Å²) in [6.07, 6.45) is 1.33. The lowest BCUT2D eigenvalue weighted by atomic mass is 10.0. The number of benzene rings is 2. The summed E-state index contributed by atoms with van der Waals surface area (Å²) in [7, 11) is 0. The predicted octanol–water partition coefficient (Wildman–Crippen LogP) is 3.09. The summed E-state index contributed by atoms with van der Waals surface area (Å²) in [5.74, 6) is -2.28. The van der Waals surface area contributed by atoms with Crippen LogP contribution < -0.4 is 10.9 Å². The lowest BCUT2D eigenvalue weighted by molar-refractivity contribution is -0.117. The van der Waals surface area contributed by atoms with E-state index in [1.54, 1.807) is 6.07 Å². The van der Waals surface area contributed by atoms with Gasteiger partial charge >= 0.3 is 0 Å². The van der Waals surface area contributed by atoms with E-state index in [-0.39, 0.29) is 11.2 Å². The van der Waals surface area contributed by atoms with E-state index in [0.29, 0.717) is 11.8 Å². The van der Waals surface area contributed by atoms with Crippen molar-refractivity contribution in [3.8, 4) is 11.3 Å². The zero-order valence-corrected chi connectivity index (χ0v) is 16.2. The second kappa shape index (κ2) is 7.51. The zero-order valence-electron chi connectivity index (χ0n) is 16.2. The van der Waals surface area contributed by atoms with Crippen LogP contribution in [-0.4, -0.2) is 25.3 Å². The molecule has 30 heavy (non-hydrogen) atoms. The maximum atomic E-state index is 13.3. The van der Waals surface area contributed by atoms with Gasteiger partial charge in [0.15, 0.2) is 0 Å². The van der Waals surface area contributed by atoms with Gasteiger partial charge in [0.25, 0.3) is 5.56 Å². The Morgan fingerprint density at radius 2 is 1.80 bits per heavy atom. The summed E-state index contributed by atoms with van der Waals surface area (Å²) < 4.78 is 28.9. The maximum absolute atomic E-state index is 13.3. The van der Waals surface area contributed by atoms with Gasteiger partial charge in [-0.1, -0.05) is 23.8 Å². The highest BCUT2D eigenvalue weighted by Crippen LogP contribution is 2.23. The Hall–Kier alpha value is -3.88. The van der Waals surface area contributed by atoms with E-state index in [0.717, 1.165) is 33.5 Å². The van der Waals surface area contributed by atoms with Gasteiger partial charge in [-0.15, -0.1) is 0 Å². The molecule has 2 aromatic heterocycles. The number of aromatic nitrogens is 4. The van der Waals surface area contributed by atoms with Crippen LogP contribution >= 0.6 is 0 Å². The number of nitrogens with zero attached hydrogens (tertiary/aromatic N) is 4. The largest absolute Gasteiger partial charge is 0.324 e. The van der Waals surface area contributed by atoms with Crippen LogP contribution in [-0.2, 0) is 11.3 Å². The first-order chi connectivity index (χ1) is 14.3. The van der Waals surface area contributed by atoms with Crippen molar-refractivity contribution in [3.05, 3.63) is 81.9 Å². The van der Waals surface area contributed by atoms with E-state index in [9.17, 15) is 18.4 Å². The summed E-state index contributed by atoms with van der Waals surface area (Å²) in [6, 6.07) is 10.2. The molecule has 1 N–H and O–H groups in total. The molecule has 0 saturated heterocycles. The standard InChI is InChI=1S/C21H17F2N5O2/c1-12-3-4-17(13(2)5-12)18-9-19-21(30)27(24-11-28(19)26-18)10-20(29)25-16-7-14(22)6-15(23)8-16/h3-9,11H,10H2,1-2H3,(H,25,29). The highest BCUT2D eigenvalue weighted by atomic mass is 19.1. The molecule has 0 aliphatic rings. The SMILES string of the molecule is Cc1ccc(-c2cc3c(=O)n(CC(=O)Nc4cc(F)cc(F)c4)ncn3n2)c(C)c1. The molecule has 9 heteroatoms. The molecule has 1 amide bonds. The van der Waals surface area contributed by atoms with E-state index < -0.39 is 29.6 Å². The first-order valence-corrected chi connectivity index (χ1v) is 9.09. The summed E-state index contributed by atoms with van der Waals surface area (Å²) >= 11 is 0. The first kappa shape index (κ1) is 19.4. The van der Waals surface area contributed by atoms with Crippen LogP contribution in [0.25, 0.3) is 16.8 Å². The Balaban J connectivity index is 1.61. The Labute approximate surface area is 169 Å². The van der Waals surface area contributed by atoms with Crippen LogP contribution in [0.1, 0.15) is 11.1 Å². The van der Waals surface area contributed by atoms with Gasteiger partial charge < -0.3 is 5.32 Å². The molecule has 0 aliphatic carbocycles. The lowest BCUT2D eigenvalue weighted by Crippen LogP contribution is -2.30. The lowest BCUT2D eigenvalue weighted by Gasteiger charge is -2.07. The first-order valence-electron chi connectivity index (χ1n) is 9.09. The topological polar surface area (TPSA) is 81.3 Å². The summed E-state index contributed by atoms with van der Waals surface area (Å²) in [6.45, 7) is 3.53. The highest BCUT2D eigenvalue weighted by Gasteiger charge is 2.14. The van der Waals surface area contributed by atoms with Crippen molar-refractivity contribution in [1.29, 1.82) is 0 Å². The summed E-state index contributed by atoms with van der Waals surface area (Å²) in [5, 5.41) is 10.7. The van der Waals surface area contributed by atoms with Gasteiger partial charge in [0.1, 0.15) is 30.0 Å². The van der Waals surface area contributed by atoms with Gasteiger partial charge in [-0.05, 0) is 37.6 Å². The number of aryl methyl sites for hydroxylation is 2. The number of anilines is 1. The van der Waals surface area contributed by atoms with Gasteiger partial charge in [-0.2, -0.15) is 10.2 Å². The van der Waals surface area contributed by atoms with Crippen molar-refractivity contribution in [2.24, 2.45) is 0 Å². The van der Waals surface area contributed by atoms with Crippen LogP contribution in [0.5, 0.6) is 0 Å². The normalized spacial score (nSPS) is 11.1. The quantitative estimate of drug-likeness (QED) is 0.562. The average Bonchev–Trinajstić information content (AvgIpc) is 3.08. The minimum absolute atomic E-state index is 0.0480. The average molecular weight is 409 g/mol. The van der Waals surface area contributed by atoms with E-state index >= 15 is 0 Å². The molecule has 0 aliphatic heterocycles. The molecule has 0 atom stereocenters. The van der Waals surface area contributed by atoms with E-state index in [1.165, 1.54) is 10.8 Å². The van der Waals surface area contributed by atoms with Crippen molar-refractivity contribution in [2.75, 3.05) is 5.32 Å². The van der Waals surface area contributed by atoms with Crippen LogP contribution in [0, 0.1) is 25.5 Å². The Bertz CT molecular complexity index is 1320. The molecule has 7 nitrogen and oxygen atoms in total. The number of carbonyl (C=O) groups is 1. The van der Waals surface area contributed by atoms with Gasteiger partial charge in [0.2, 0.25) is 5.91 Å². The number of rotatable bonds is 4. The number of fused-ring (bicyclic) bond motifs is 1. The minimum atomic E-state index is -0.819. The second-order valence-corrected chi connectivity index (χ2v) is 6.98. The van der Waals surface area contributed by atoms with E-state index in [1.807, 2.05) is 32.0 Å². The van der Waals surface area contributed by atoms with Crippen LogP contribution in [0.3, 0.4) is 0 Å². The number of halogens is 2. The molecule has 2 aromatic carbocycles. The van der Waals surface area contributed by atoms with Crippen LogP contribution in [0.15, 0.2) is 53.6 Å². The second-order valence-electron chi connectivity index (χ2n) is 6.98. The monoisotopic (exact) mass is 409 g/mol. The molecule has 0 unspecified atom stereocenters. The molecular weight excluding hydrogens is 392 g/mol. The Kier molecular flexibility index (Phi) is 4.86. The third-order valence-electron chi connectivity index (χ3n) is 4.59. The van der Waals surface area contributed by atoms with E-state index in [4.69, 9.17) is 0 Å². The molecule has 0 radical (unpaired) electrons. The third-order valence-corrected chi connectivity index (χ3v) is 4.59. The number of amides is 1. The number of hydrogen-bond acceptors (Lipinski definition) is 4. The molecule has 4 rings (SSSR count). The third kappa shape index (κ3) is 3.82. The van der Waals surface area contributed by atoms with Crippen LogP contribution in [0.4, 0.5) is 14.5 Å². The molecule has 0 bridgehead atoms. The van der Waals surface area contributed by atoms with Crippen molar-refractivity contribution in [1.82, 2.24) is 19.4 Å². The van der Waals surface area contributed by atoms with E-state index in [2.05, 4.69) is 15.5 Å². The highest BCUT2D eigenvalue weighted by molar-refractivity contribution is 5.90. The molecule has 0 fully saturated rings. The predicted molar refractivity (Wildman–Crippen MR) is 107 cm³/mol. The van der Waals surface area contributed by atoms with Gasteiger partial charge in [0, 0.05) is 17.3 Å². The molecule has 0 saturated carbocycles. The minimum Gasteiger partial charge on any atom is -0.324 e. The van der Waals surface area contributed by atoms with Crippen molar-refractivity contribution in [2.45, 2.75) is 20.4 Å². The van der Waals surface area contributed by atoms with Crippen LogP contribution in [0.2, 0.25) is 0 Å². The van der Waals surface area contributed by atoms with Gasteiger partial charge in [-0.25, -0.2) is 18.0 Å². The number of hydrogen-bond donors (Lipinski definition) is 1. The van der Waals surface area contributed by atoms with Crippen molar-refractivity contribution < 1.29 is 13.6 Å². The molecule has 152 valence electrons. The fourth-order valence-corrected chi connectivity index (χ4v) is 3.25. The Morgan fingerprint density at radius 3 is 2.50 bits per heavy atom. The van der Waals surface area contributed by atoms with Crippen molar-refractivity contribution >= 4 is 17.1 Å². The Morgan fingerprint density at radius 1 is 1.07 bits per heavy atom. The summed E-state index contributed by atoms with van der Waals surface area (Å²) in [4.78, 5) is 25.0. The zero-order chi connectivity index (χ0) is 21.4. The fraction of sp³-hybridized carbons (Fsp3) is 0.143. The molecule has 0 spiro atoms. The maximum Gasteiger partial charge on any atom is 0.293 e. The molecule has 4 aromatic rings. The van der Waals surface area contributed by atoms with Gasteiger partial charge in [0.05, 0.1) is 5.69 Å². The van der Waals surface area contributed by atoms with Crippen molar-refractivity contribution in [3.63, 3.8) is 0 Å². The smallest absolute Gasteiger partial charge is 0.293 e. The fourth-order valence-electron chi connectivity index (χ4n) is 3.25. The molecule has 2 heterocycles. The number of nitrogens with one attached hydrogen (secondary N) is 1. The van der Waals surface area contributed by atoms with Gasteiger partial charge in [-0.3, -0.25) is 9.59 Å². The number of carbonyl (C=O) groups excluding carboxylic acids is 1. The molecular formula is C21H17F2N5O2.